The van der Waals surface area contributed by atoms with Crippen LogP contribution in [0.5, 0.6) is 0 Å². The van der Waals surface area contributed by atoms with Crippen LogP contribution in [0.2, 0.25) is 5.02 Å². The van der Waals surface area contributed by atoms with Gasteiger partial charge in [0.05, 0.1) is 11.6 Å². The van der Waals surface area contributed by atoms with E-state index < -0.39 is 17.7 Å². The predicted molar refractivity (Wildman–Crippen MR) is 130 cm³/mol. The van der Waals surface area contributed by atoms with E-state index in [1.54, 1.807) is 29.2 Å². The molecule has 1 amide bonds. The van der Waals surface area contributed by atoms with Gasteiger partial charge in [0.25, 0.3) is 11.7 Å². The zero-order valence-corrected chi connectivity index (χ0v) is 19.4. The SMILES string of the molecule is O=C1C(=O)N(CCc2ccccc2)C(c2ccc(I)cc2)C1=C(O)c1ccc(Cl)cc1. The Kier molecular flexibility index (Phi) is 6.43. The summed E-state index contributed by atoms with van der Waals surface area (Å²) in [5.41, 5.74) is 2.40. The number of benzene rings is 3. The highest BCUT2D eigenvalue weighted by atomic mass is 127. The Morgan fingerprint density at radius 2 is 1.58 bits per heavy atom. The van der Waals surface area contributed by atoms with Gasteiger partial charge in [-0.05, 0) is 76.5 Å². The van der Waals surface area contributed by atoms with Gasteiger partial charge in [-0.1, -0.05) is 54.1 Å². The van der Waals surface area contributed by atoms with Gasteiger partial charge in [0.15, 0.2) is 0 Å². The third-order valence-electron chi connectivity index (χ3n) is 5.33. The maximum atomic E-state index is 13.0. The van der Waals surface area contributed by atoms with Gasteiger partial charge in [-0.2, -0.15) is 0 Å². The van der Waals surface area contributed by atoms with E-state index in [0.29, 0.717) is 23.6 Å². The van der Waals surface area contributed by atoms with Crippen LogP contribution in [0.15, 0.2) is 84.4 Å². The normalized spacial score (nSPS) is 17.9. The zero-order chi connectivity index (χ0) is 22.0. The van der Waals surface area contributed by atoms with Gasteiger partial charge >= 0.3 is 0 Å². The minimum Gasteiger partial charge on any atom is -0.507 e. The van der Waals surface area contributed by atoms with Crippen molar-refractivity contribution < 1.29 is 14.7 Å². The molecular formula is C25H19ClINO3. The topological polar surface area (TPSA) is 57.6 Å². The Morgan fingerprint density at radius 1 is 0.935 bits per heavy atom. The summed E-state index contributed by atoms with van der Waals surface area (Å²) in [7, 11) is 0. The molecule has 1 N–H and O–H groups in total. The van der Waals surface area contributed by atoms with Gasteiger partial charge in [0, 0.05) is 20.7 Å². The van der Waals surface area contributed by atoms with Gasteiger partial charge in [-0.25, -0.2) is 0 Å². The molecule has 1 saturated heterocycles. The fourth-order valence-electron chi connectivity index (χ4n) is 3.76. The third kappa shape index (κ3) is 4.52. The van der Waals surface area contributed by atoms with Crippen LogP contribution in [-0.2, 0) is 16.0 Å². The lowest BCUT2D eigenvalue weighted by Crippen LogP contribution is -2.31. The smallest absolute Gasteiger partial charge is 0.295 e. The lowest BCUT2D eigenvalue weighted by molar-refractivity contribution is -0.139. The second-order valence-corrected chi connectivity index (χ2v) is 8.97. The lowest BCUT2D eigenvalue weighted by atomic mass is 9.95. The van der Waals surface area contributed by atoms with E-state index in [-0.39, 0.29) is 11.3 Å². The van der Waals surface area contributed by atoms with E-state index in [1.165, 1.54) is 0 Å². The van der Waals surface area contributed by atoms with Crippen LogP contribution >= 0.6 is 34.2 Å². The summed E-state index contributed by atoms with van der Waals surface area (Å²) in [5, 5.41) is 11.5. The Hall–Kier alpha value is -2.64. The molecule has 1 atom stereocenters. The number of nitrogens with zero attached hydrogens (tertiary/aromatic N) is 1. The summed E-state index contributed by atoms with van der Waals surface area (Å²) >= 11 is 8.17. The Balaban J connectivity index is 1.78. The van der Waals surface area contributed by atoms with Crippen molar-refractivity contribution >= 4 is 51.6 Å². The van der Waals surface area contributed by atoms with Crippen molar-refractivity contribution in [3.8, 4) is 0 Å². The van der Waals surface area contributed by atoms with Gasteiger partial charge in [0.1, 0.15) is 5.76 Å². The van der Waals surface area contributed by atoms with E-state index >= 15 is 0 Å². The summed E-state index contributed by atoms with van der Waals surface area (Å²) in [6.45, 7) is 0.364. The van der Waals surface area contributed by atoms with Crippen LogP contribution < -0.4 is 0 Å². The average Bonchev–Trinajstić information content (AvgIpc) is 3.04. The molecule has 0 radical (unpaired) electrons. The molecule has 1 aliphatic heterocycles. The number of aliphatic hydroxyl groups is 1. The molecule has 1 unspecified atom stereocenters. The number of ketones is 1. The quantitative estimate of drug-likeness (QED) is 0.197. The van der Waals surface area contributed by atoms with Gasteiger partial charge in [-0.15, -0.1) is 0 Å². The molecule has 1 fully saturated rings. The number of carbonyl (C=O) groups is 2. The van der Waals surface area contributed by atoms with E-state index in [0.717, 1.165) is 14.7 Å². The first-order valence-electron chi connectivity index (χ1n) is 9.79. The van der Waals surface area contributed by atoms with Gasteiger partial charge in [0.2, 0.25) is 0 Å². The summed E-state index contributed by atoms with van der Waals surface area (Å²) in [6.07, 6.45) is 0.607. The van der Waals surface area contributed by atoms with Crippen molar-refractivity contribution in [2.75, 3.05) is 6.54 Å². The molecule has 31 heavy (non-hydrogen) atoms. The summed E-state index contributed by atoms with van der Waals surface area (Å²) in [4.78, 5) is 27.6. The number of carbonyl (C=O) groups excluding carboxylic acids is 2. The number of Topliss-reactive ketones (excluding diaryl/α,β-unsaturated/α-hetero) is 1. The van der Waals surface area contributed by atoms with E-state index in [4.69, 9.17) is 11.6 Å². The van der Waals surface area contributed by atoms with Gasteiger partial charge < -0.3 is 10.0 Å². The van der Waals surface area contributed by atoms with Crippen LogP contribution in [0, 0.1) is 3.57 Å². The molecule has 4 nitrogen and oxygen atoms in total. The van der Waals surface area contributed by atoms with E-state index in [2.05, 4.69) is 22.6 Å². The average molecular weight is 544 g/mol. The molecule has 1 heterocycles. The molecule has 3 aromatic rings. The number of aliphatic hydroxyl groups excluding tert-OH is 1. The first kappa shape index (κ1) is 21.6. The summed E-state index contributed by atoms with van der Waals surface area (Å²) in [6, 6.07) is 23.3. The van der Waals surface area contributed by atoms with Crippen LogP contribution in [0.4, 0.5) is 0 Å². The van der Waals surface area contributed by atoms with Crippen molar-refractivity contribution in [3.63, 3.8) is 0 Å². The second kappa shape index (κ2) is 9.24. The lowest BCUT2D eigenvalue weighted by Gasteiger charge is -2.25. The maximum Gasteiger partial charge on any atom is 0.295 e. The Bertz CT molecular complexity index is 1140. The Morgan fingerprint density at radius 3 is 2.23 bits per heavy atom. The number of halogens is 2. The first-order chi connectivity index (χ1) is 15.0. The van der Waals surface area contributed by atoms with E-state index in [1.807, 2.05) is 54.6 Å². The van der Waals surface area contributed by atoms with Crippen LogP contribution in [-0.4, -0.2) is 28.2 Å². The molecular weight excluding hydrogens is 525 g/mol. The minimum atomic E-state index is -0.677. The zero-order valence-electron chi connectivity index (χ0n) is 16.5. The second-order valence-electron chi connectivity index (χ2n) is 7.29. The molecule has 1 aliphatic rings. The van der Waals surface area contributed by atoms with Crippen molar-refractivity contribution in [2.45, 2.75) is 12.5 Å². The number of hydrogen-bond donors (Lipinski definition) is 1. The largest absolute Gasteiger partial charge is 0.507 e. The molecule has 0 aromatic heterocycles. The van der Waals surface area contributed by atoms with Crippen LogP contribution in [0.1, 0.15) is 22.7 Å². The standard InChI is InChI=1S/C25H19ClINO3/c26-19-10-6-18(7-11-19)23(29)21-22(17-8-12-20(27)13-9-17)28(25(31)24(21)30)15-14-16-4-2-1-3-5-16/h1-13,22,29H,14-15H2. The molecule has 3 aromatic carbocycles. The molecule has 0 bridgehead atoms. The highest BCUT2D eigenvalue weighted by molar-refractivity contribution is 14.1. The minimum absolute atomic E-state index is 0.0987. The van der Waals surface area contributed by atoms with Crippen molar-refractivity contribution in [1.29, 1.82) is 0 Å². The highest BCUT2D eigenvalue weighted by Crippen LogP contribution is 2.39. The number of hydrogen-bond acceptors (Lipinski definition) is 3. The molecule has 0 aliphatic carbocycles. The molecule has 0 saturated carbocycles. The first-order valence-corrected chi connectivity index (χ1v) is 11.2. The fourth-order valence-corrected chi connectivity index (χ4v) is 4.25. The fraction of sp³-hybridized carbons (Fsp3) is 0.120. The van der Waals surface area contributed by atoms with Crippen molar-refractivity contribution in [2.24, 2.45) is 0 Å². The molecule has 156 valence electrons. The molecule has 6 heteroatoms. The van der Waals surface area contributed by atoms with E-state index in [9.17, 15) is 14.7 Å². The summed E-state index contributed by atoms with van der Waals surface area (Å²) < 4.78 is 1.04. The van der Waals surface area contributed by atoms with Gasteiger partial charge in [-0.3, -0.25) is 9.59 Å². The third-order valence-corrected chi connectivity index (χ3v) is 6.30. The number of likely N-dealkylation sites (tertiary alicyclic amines) is 1. The predicted octanol–water partition coefficient (Wildman–Crippen LogP) is 5.61. The Labute approximate surface area is 199 Å². The highest BCUT2D eigenvalue weighted by Gasteiger charge is 2.45. The number of rotatable bonds is 5. The monoisotopic (exact) mass is 543 g/mol. The molecule has 0 spiro atoms. The van der Waals surface area contributed by atoms with Crippen LogP contribution in [0.25, 0.3) is 5.76 Å². The van der Waals surface area contributed by atoms with Crippen molar-refractivity contribution in [3.05, 3.63) is 110 Å². The summed E-state index contributed by atoms with van der Waals surface area (Å²) in [5.74, 6) is -1.47. The molecule has 4 rings (SSSR count). The van der Waals surface area contributed by atoms with Crippen molar-refractivity contribution in [1.82, 2.24) is 4.90 Å². The maximum absolute atomic E-state index is 13.0. The number of amides is 1. The van der Waals surface area contributed by atoms with Crippen LogP contribution in [0.3, 0.4) is 0 Å².